The van der Waals surface area contributed by atoms with Crippen molar-refractivity contribution < 1.29 is 19.1 Å². The summed E-state index contributed by atoms with van der Waals surface area (Å²) in [5.74, 6) is -0.473. The fourth-order valence-corrected chi connectivity index (χ4v) is 3.73. The number of benzene rings is 1. The van der Waals surface area contributed by atoms with Crippen molar-refractivity contribution in [1.29, 1.82) is 0 Å². The van der Waals surface area contributed by atoms with Crippen molar-refractivity contribution >= 4 is 46.2 Å². The molecule has 1 fully saturated rings. The average molecular weight is 407 g/mol. The monoisotopic (exact) mass is 406 g/mol. The predicted molar refractivity (Wildman–Crippen MR) is 105 cm³/mol. The van der Waals surface area contributed by atoms with Crippen LogP contribution in [0, 0.1) is 0 Å². The Morgan fingerprint density at radius 2 is 1.89 bits per heavy atom. The Hall–Kier alpha value is -2.22. The number of halogens is 1. The van der Waals surface area contributed by atoms with Gasteiger partial charge in [-0.15, -0.1) is 11.3 Å². The van der Waals surface area contributed by atoms with Crippen LogP contribution < -0.4 is 5.32 Å². The van der Waals surface area contributed by atoms with Gasteiger partial charge in [-0.25, -0.2) is 0 Å². The Bertz CT molecular complexity index is 846. The Morgan fingerprint density at radius 1 is 1.11 bits per heavy atom. The van der Waals surface area contributed by atoms with Crippen LogP contribution in [-0.4, -0.2) is 48.8 Å². The number of morpholine rings is 1. The summed E-state index contributed by atoms with van der Waals surface area (Å²) in [5.41, 5.74) is 1.05. The SMILES string of the molecule is O=C(CCC(=O)c1ccc(Cl)s1)Nc1cccc(C(=O)N2CCOCC2)c1. The quantitative estimate of drug-likeness (QED) is 0.745. The van der Waals surface area contributed by atoms with E-state index in [1.54, 1.807) is 41.3 Å². The number of hydrogen-bond acceptors (Lipinski definition) is 5. The van der Waals surface area contributed by atoms with Crippen LogP contribution in [0.25, 0.3) is 0 Å². The number of ketones is 1. The van der Waals surface area contributed by atoms with Gasteiger partial charge in [-0.2, -0.15) is 0 Å². The molecular weight excluding hydrogens is 388 g/mol. The summed E-state index contributed by atoms with van der Waals surface area (Å²) in [4.78, 5) is 39.0. The molecule has 0 atom stereocenters. The third kappa shape index (κ3) is 5.38. The molecule has 8 heteroatoms. The van der Waals surface area contributed by atoms with Crippen molar-refractivity contribution in [2.75, 3.05) is 31.6 Å². The minimum absolute atomic E-state index is 0.0655. The van der Waals surface area contributed by atoms with Gasteiger partial charge in [0, 0.05) is 37.2 Å². The molecule has 142 valence electrons. The third-order valence-corrected chi connectivity index (χ3v) is 5.39. The summed E-state index contributed by atoms with van der Waals surface area (Å²) in [6.45, 7) is 2.19. The standard InChI is InChI=1S/C19H19ClN2O4S/c20-17-6-5-16(27-17)15(23)4-7-18(24)21-14-3-1-2-13(12-14)19(25)22-8-10-26-11-9-22/h1-3,5-6,12H,4,7-11H2,(H,21,24). The zero-order valence-electron chi connectivity index (χ0n) is 14.6. The molecular formula is C19H19ClN2O4S. The zero-order valence-corrected chi connectivity index (χ0v) is 16.1. The number of hydrogen-bond donors (Lipinski definition) is 1. The van der Waals surface area contributed by atoms with Gasteiger partial charge in [-0.05, 0) is 30.3 Å². The molecule has 27 heavy (non-hydrogen) atoms. The molecule has 2 amide bonds. The normalized spacial score (nSPS) is 14.0. The number of rotatable bonds is 6. The molecule has 6 nitrogen and oxygen atoms in total. The number of carbonyl (C=O) groups excluding carboxylic acids is 3. The average Bonchev–Trinajstić information content (AvgIpc) is 3.13. The highest BCUT2D eigenvalue weighted by atomic mass is 35.5. The Labute approximate surface area is 166 Å². The van der Waals surface area contributed by atoms with E-state index < -0.39 is 0 Å². The van der Waals surface area contributed by atoms with E-state index in [9.17, 15) is 14.4 Å². The van der Waals surface area contributed by atoms with Crippen LogP contribution in [0.2, 0.25) is 4.34 Å². The van der Waals surface area contributed by atoms with E-state index in [-0.39, 0.29) is 30.4 Å². The number of ether oxygens (including phenoxy) is 1. The molecule has 0 radical (unpaired) electrons. The first kappa shape index (κ1) is 19.5. The van der Waals surface area contributed by atoms with Gasteiger partial charge in [0.15, 0.2) is 5.78 Å². The molecule has 1 aliphatic rings. The van der Waals surface area contributed by atoms with Crippen molar-refractivity contribution in [3.8, 4) is 0 Å². The smallest absolute Gasteiger partial charge is 0.254 e. The molecule has 1 N–H and O–H groups in total. The number of carbonyl (C=O) groups is 3. The molecule has 0 bridgehead atoms. The molecule has 3 rings (SSSR count). The number of anilines is 1. The molecule has 0 unspecified atom stereocenters. The number of Topliss-reactive ketones (excluding diaryl/α,β-unsaturated/α-hetero) is 1. The predicted octanol–water partition coefficient (Wildman–Crippen LogP) is 3.48. The number of nitrogens with zero attached hydrogens (tertiary/aromatic N) is 1. The van der Waals surface area contributed by atoms with Crippen molar-refractivity contribution in [3.05, 3.63) is 51.2 Å². The Morgan fingerprint density at radius 3 is 2.59 bits per heavy atom. The topological polar surface area (TPSA) is 75.7 Å². The lowest BCUT2D eigenvalue weighted by atomic mass is 10.1. The maximum atomic E-state index is 12.5. The van der Waals surface area contributed by atoms with Gasteiger partial charge in [0.05, 0.1) is 22.4 Å². The van der Waals surface area contributed by atoms with Crippen LogP contribution in [-0.2, 0) is 9.53 Å². The molecule has 0 spiro atoms. The van der Waals surface area contributed by atoms with Gasteiger partial charge in [-0.1, -0.05) is 17.7 Å². The first-order valence-corrected chi connectivity index (χ1v) is 9.78. The lowest BCUT2D eigenvalue weighted by Crippen LogP contribution is -2.40. The number of thiophene rings is 1. The molecule has 1 saturated heterocycles. The largest absolute Gasteiger partial charge is 0.378 e. The van der Waals surface area contributed by atoms with Gasteiger partial charge < -0.3 is 15.0 Å². The molecule has 2 aromatic rings. The number of amides is 2. The van der Waals surface area contributed by atoms with Gasteiger partial charge in [0.2, 0.25) is 5.91 Å². The molecule has 1 aromatic heterocycles. The third-order valence-electron chi connectivity index (χ3n) is 4.12. The second-order valence-corrected chi connectivity index (χ2v) is 7.78. The molecule has 1 aliphatic heterocycles. The van der Waals surface area contributed by atoms with Gasteiger partial charge in [-0.3, -0.25) is 14.4 Å². The van der Waals surface area contributed by atoms with Crippen LogP contribution in [0.3, 0.4) is 0 Å². The summed E-state index contributed by atoms with van der Waals surface area (Å²) in [6.07, 6.45) is 0.172. The van der Waals surface area contributed by atoms with Gasteiger partial charge in [0.25, 0.3) is 5.91 Å². The zero-order chi connectivity index (χ0) is 19.2. The Kier molecular flexibility index (Phi) is 6.60. The fraction of sp³-hybridized carbons (Fsp3) is 0.316. The van der Waals surface area contributed by atoms with Crippen LogP contribution in [0.15, 0.2) is 36.4 Å². The molecule has 1 aromatic carbocycles. The summed E-state index contributed by atoms with van der Waals surface area (Å²) < 4.78 is 5.80. The van der Waals surface area contributed by atoms with E-state index in [2.05, 4.69) is 5.32 Å². The van der Waals surface area contributed by atoms with Crippen molar-refractivity contribution in [2.24, 2.45) is 0 Å². The van der Waals surface area contributed by atoms with E-state index in [0.29, 0.717) is 46.8 Å². The lowest BCUT2D eigenvalue weighted by molar-refractivity contribution is -0.116. The van der Waals surface area contributed by atoms with E-state index >= 15 is 0 Å². The Balaban J connectivity index is 1.54. The van der Waals surface area contributed by atoms with E-state index in [1.165, 1.54) is 11.3 Å². The molecule has 0 aliphatic carbocycles. The lowest BCUT2D eigenvalue weighted by Gasteiger charge is -2.27. The second kappa shape index (κ2) is 9.12. The highest BCUT2D eigenvalue weighted by molar-refractivity contribution is 7.18. The molecule has 2 heterocycles. The maximum Gasteiger partial charge on any atom is 0.254 e. The van der Waals surface area contributed by atoms with Crippen LogP contribution in [0.1, 0.15) is 32.9 Å². The highest BCUT2D eigenvalue weighted by Gasteiger charge is 2.19. The van der Waals surface area contributed by atoms with E-state index in [4.69, 9.17) is 16.3 Å². The van der Waals surface area contributed by atoms with E-state index in [0.717, 1.165) is 0 Å². The van der Waals surface area contributed by atoms with Crippen molar-refractivity contribution in [2.45, 2.75) is 12.8 Å². The van der Waals surface area contributed by atoms with Crippen LogP contribution >= 0.6 is 22.9 Å². The van der Waals surface area contributed by atoms with Crippen molar-refractivity contribution in [3.63, 3.8) is 0 Å². The number of nitrogens with one attached hydrogen (secondary N) is 1. The summed E-state index contributed by atoms with van der Waals surface area (Å²) >= 11 is 7.02. The maximum absolute atomic E-state index is 12.5. The first-order chi connectivity index (χ1) is 13.0. The van der Waals surface area contributed by atoms with Crippen LogP contribution in [0.5, 0.6) is 0 Å². The second-order valence-electron chi connectivity index (χ2n) is 6.06. The highest BCUT2D eigenvalue weighted by Crippen LogP contribution is 2.23. The first-order valence-electron chi connectivity index (χ1n) is 8.58. The summed E-state index contributed by atoms with van der Waals surface area (Å²) in [5, 5.41) is 2.74. The van der Waals surface area contributed by atoms with Crippen LogP contribution in [0.4, 0.5) is 5.69 Å². The van der Waals surface area contributed by atoms with Gasteiger partial charge >= 0.3 is 0 Å². The van der Waals surface area contributed by atoms with E-state index in [1.807, 2.05) is 0 Å². The minimum atomic E-state index is -0.276. The van der Waals surface area contributed by atoms with Crippen molar-refractivity contribution in [1.82, 2.24) is 4.90 Å². The summed E-state index contributed by atoms with van der Waals surface area (Å²) in [7, 11) is 0. The molecule has 0 saturated carbocycles. The minimum Gasteiger partial charge on any atom is -0.378 e. The van der Waals surface area contributed by atoms with Gasteiger partial charge in [0.1, 0.15) is 0 Å². The summed E-state index contributed by atoms with van der Waals surface area (Å²) in [6, 6.07) is 10.1. The fourth-order valence-electron chi connectivity index (χ4n) is 2.72.